The van der Waals surface area contributed by atoms with E-state index in [1.165, 1.54) is 26.2 Å². The van der Waals surface area contributed by atoms with Gasteiger partial charge in [-0.3, -0.25) is 14.5 Å². The molecule has 0 radical (unpaired) electrons. The molecule has 1 amide bonds. The van der Waals surface area contributed by atoms with E-state index in [2.05, 4.69) is 4.90 Å². The normalized spacial score (nSPS) is 20.6. The van der Waals surface area contributed by atoms with Crippen molar-refractivity contribution in [3.05, 3.63) is 47.0 Å². The lowest BCUT2D eigenvalue weighted by molar-refractivity contribution is -0.140. The summed E-state index contributed by atoms with van der Waals surface area (Å²) in [6, 6.07) is 7.33. The van der Waals surface area contributed by atoms with Crippen LogP contribution in [0.25, 0.3) is 5.76 Å². The van der Waals surface area contributed by atoms with Crippen molar-refractivity contribution in [1.82, 2.24) is 9.80 Å². The number of ketones is 1. The zero-order valence-electron chi connectivity index (χ0n) is 21.5. The smallest absolute Gasteiger partial charge is 0.295 e. The predicted molar refractivity (Wildman–Crippen MR) is 135 cm³/mol. The standard InChI is InChI=1S/C27H30N2O9/c1-33-18-5-4-16(12-19(18)34-2)24(30)22-23(17-13-20(35-3)26-21(14-17)37-15-38-26)29(27(32)25(22)31)7-6-28-8-10-36-11-9-28/h4-5,12-14,23,30H,6-11,15H2,1-3H3. The van der Waals surface area contributed by atoms with Crippen molar-refractivity contribution in [2.45, 2.75) is 6.04 Å². The number of Topliss-reactive ketones (excluding diaryl/α,β-unsaturated/α-hetero) is 1. The second-order valence-electron chi connectivity index (χ2n) is 8.97. The van der Waals surface area contributed by atoms with Gasteiger partial charge in [-0.25, -0.2) is 0 Å². The molecule has 5 rings (SSSR count). The number of morpholine rings is 1. The first-order valence-electron chi connectivity index (χ1n) is 12.2. The first-order valence-corrected chi connectivity index (χ1v) is 12.2. The summed E-state index contributed by atoms with van der Waals surface area (Å²) in [6.07, 6.45) is 0. The number of fused-ring (bicyclic) bond motifs is 1. The zero-order chi connectivity index (χ0) is 26.8. The summed E-state index contributed by atoms with van der Waals surface area (Å²) in [7, 11) is 4.48. The molecule has 0 aromatic heterocycles. The van der Waals surface area contributed by atoms with Crippen LogP contribution < -0.4 is 23.7 Å². The highest BCUT2D eigenvalue weighted by atomic mass is 16.7. The van der Waals surface area contributed by atoms with E-state index in [1.807, 2.05) is 0 Å². The van der Waals surface area contributed by atoms with Gasteiger partial charge < -0.3 is 38.4 Å². The van der Waals surface area contributed by atoms with Gasteiger partial charge >= 0.3 is 0 Å². The fourth-order valence-corrected chi connectivity index (χ4v) is 4.98. The van der Waals surface area contributed by atoms with Crippen LogP contribution in [0, 0.1) is 0 Å². The van der Waals surface area contributed by atoms with E-state index in [4.69, 9.17) is 28.4 Å². The molecule has 202 valence electrons. The quantitative estimate of drug-likeness (QED) is 0.312. The Morgan fingerprint density at radius 2 is 1.68 bits per heavy atom. The van der Waals surface area contributed by atoms with Gasteiger partial charge in [-0.15, -0.1) is 0 Å². The molecule has 3 heterocycles. The van der Waals surface area contributed by atoms with Crippen LogP contribution in [0.3, 0.4) is 0 Å². The molecule has 1 atom stereocenters. The lowest BCUT2D eigenvalue weighted by Gasteiger charge is -2.31. The van der Waals surface area contributed by atoms with Crippen LogP contribution in [0.15, 0.2) is 35.9 Å². The molecular formula is C27H30N2O9. The first-order chi connectivity index (χ1) is 18.5. The Bertz CT molecular complexity index is 1270. The summed E-state index contributed by atoms with van der Waals surface area (Å²) in [4.78, 5) is 30.5. The van der Waals surface area contributed by atoms with Gasteiger partial charge in [0.05, 0.1) is 46.2 Å². The van der Waals surface area contributed by atoms with E-state index in [9.17, 15) is 14.7 Å². The van der Waals surface area contributed by atoms with Gasteiger partial charge in [-0.1, -0.05) is 0 Å². The first kappa shape index (κ1) is 25.7. The third-order valence-electron chi connectivity index (χ3n) is 6.95. The van der Waals surface area contributed by atoms with Crippen LogP contribution in [-0.2, 0) is 14.3 Å². The fraction of sp³-hybridized carbons (Fsp3) is 0.407. The third-order valence-corrected chi connectivity index (χ3v) is 6.95. The average Bonchev–Trinajstić information content (AvgIpc) is 3.53. The highest BCUT2D eigenvalue weighted by molar-refractivity contribution is 6.46. The minimum Gasteiger partial charge on any atom is -0.507 e. The van der Waals surface area contributed by atoms with Crippen LogP contribution in [0.5, 0.6) is 28.7 Å². The monoisotopic (exact) mass is 526 g/mol. The van der Waals surface area contributed by atoms with Crippen molar-refractivity contribution in [3.8, 4) is 28.7 Å². The molecule has 0 saturated carbocycles. The van der Waals surface area contributed by atoms with Crippen molar-refractivity contribution < 1.29 is 43.1 Å². The number of methoxy groups -OCH3 is 3. The summed E-state index contributed by atoms with van der Waals surface area (Å²) < 4.78 is 32.7. The second-order valence-corrected chi connectivity index (χ2v) is 8.97. The third kappa shape index (κ3) is 4.59. The maximum absolute atomic E-state index is 13.4. The number of amides is 1. The van der Waals surface area contributed by atoms with Crippen LogP contribution in [-0.4, -0.2) is 94.1 Å². The number of aliphatic hydroxyl groups excluding tert-OH is 1. The molecule has 0 spiro atoms. The Balaban J connectivity index is 1.61. The molecule has 2 fully saturated rings. The molecule has 2 aromatic carbocycles. The summed E-state index contributed by atoms with van der Waals surface area (Å²) in [6.45, 7) is 3.54. The van der Waals surface area contributed by atoms with E-state index in [0.717, 1.165) is 13.1 Å². The van der Waals surface area contributed by atoms with Gasteiger partial charge in [0, 0.05) is 31.7 Å². The lowest BCUT2D eigenvalue weighted by Crippen LogP contribution is -2.42. The van der Waals surface area contributed by atoms with E-state index >= 15 is 0 Å². The number of aliphatic hydroxyl groups is 1. The number of carbonyl (C=O) groups excluding carboxylic acids is 2. The Kier molecular flexibility index (Phi) is 7.30. The summed E-state index contributed by atoms with van der Waals surface area (Å²) in [5.74, 6) is 0.333. The number of likely N-dealkylation sites (tertiary alicyclic amines) is 1. The number of nitrogens with zero attached hydrogens (tertiary/aromatic N) is 2. The molecule has 3 aliphatic heterocycles. The summed E-state index contributed by atoms with van der Waals surface area (Å²) in [5, 5.41) is 11.4. The Hall–Kier alpha value is -3.96. The second kappa shape index (κ2) is 10.8. The fourth-order valence-electron chi connectivity index (χ4n) is 4.98. The highest BCUT2D eigenvalue weighted by Crippen LogP contribution is 2.47. The molecule has 0 bridgehead atoms. The summed E-state index contributed by atoms with van der Waals surface area (Å²) >= 11 is 0. The van der Waals surface area contributed by atoms with Crippen molar-refractivity contribution in [2.75, 3.05) is 67.5 Å². The van der Waals surface area contributed by atoms with Gasteiger partial charge in [0.15, 0.2) is 23.0 Å². The van der Waals surface area contributed by atoms with Crippen LogP contribution in [0.4, 0.5) is 0 Å². The van der Waals surface area contributed by atoms with Crippen molar-refractivity contribution in [1.29, 1.82) is 0 Å². The van der Waals surface area contributed by atoms with Crippen LogP contribution >= 0.6 is 0 Å². The molecule has 38 heavy (non-hydrogen) atoms. The van der Waals surface area contributed by atoms with Crippen molar-refractivity contribution >= 4 is 17.4 Å². The maximum Gasteiger partial charge on any atom is 0.295 e. The van der Waals surface area contributed by atoms with Crippen molar-refractivity contribution in [2.24, 2.45) is 0 Å². The Labute approximate surface area is 220 Å². The lowest BCUT2D eigenvalue weighted by atomic mass is 9.94. The molecule has 3 aliphatic rings. The van der Waals surface area contributed by atoms with Crippen molar-refractivity contribution in [3.63, 3.8) is 0 Å². The van der Waals surface area contributed by atoms with E-state index in [1.54, 1.807) is 30.3 Å². The minimum absolute atomic E-state index is 0.0258. The van der Waals surface area contributed by atoms with Crippen LogP contribution in [0.2, 0.25) is 0 Å². The Morgan fingerprint density at radius 3 is 2.39 bits per heavy atom. The summed E-state index contributed by atoms with van der Waals surface area (Å²) in [5.41, 5.74) is 0.825. The average molecular weight is 527 g/mol. The number of carbonyl (C=O) groups is 2. The topological polar surface area (TPSA) is 116 Å². The molecule has 1 unspecified atom stereocenters. The molecule has 0 aliphatic carbocycles. The number of ether oxygens (including phenoxy) is 6. The predicted octanol–water partition coefficient (Wildman–Crippen LogP) is 2.20. The molecule has 11 heteroatoms. The number of hydrogen-bond donors (Lipinski definition) is 1. The van der Waals surface area contributed by atoms with Gasteiger partial charge in [0.1, 0.15) is 5.76 Å². The zero-order valence-corrected chi connectivity index (χ0v) is 21.5. The molecule has 2 saturated heterocycles. The minimum atomic E-state index is -0.882. The molecule has 11 nitrogen and oxygen atoms in total. The number of rotatable bonds is 8. The molecular weight excluding hydrogens is 496 g/mol. The van der Waals surface area contributed by atoms with Gasteiger partial charge in [0.2, 0.25) is 12.5 Å². The van der Waals surface area contributed by atoms with E-state index in [-0.39, 0.29) is 24.7 Å². The maximum atomic E-state index is 13.4. The number of benzene rings is 2. The van der Waals surface area contributed by atoms with Gasteiger partial charge in [0.25, 0.3) is 11.7 Å². The SMILES string of the molecule is COc1ccc(C(O)=C2C(=O)C(=O)N(CCN3CCOCC3)C2c2cc(OC)c3c(c2)OCO3)cc1OC. The largest absolute Gasteiger partial charge is 0.507 e. The molecule has 1 N–H and O–H groups in total. The number of hydrogen-bond acceptors (Lipinski definition) is 10. The highest BCUT2D eigenvalue weighted by Gasteiger charge is 2.47. The van der Waals surface area contributed by atoms with Gasteiger partial charge in [-0.05, 0) is 35.9 Å². The van der Waals surface area contributed by atoms with Gasteiger partial charge in [-0.2, -0.15) is 0 Å². The molecule has 2 aromatic rings. The van der Waals surface area contributed by atoms with E-state index in [0.29, 0.717) is 59.6 Å². The van der Waals surface area contributed by atoms with Crippen LogP contribution in [0.1, 0.15) is 17.2 Å². The Morgan fingerprint density at radius 1 is 0.947 bits per heavy atom. The van der Waals surface area contributed by atoms with E-state index < -0.39 is 17.7 Å².